The Labute approximate surface area is 164 Å². The summed E-state index contributed by atoms with van der Waals surface area (Å²) in [5.74, 6) is 0. The Hall–Kier alpha value is 0.400. The smallest absolute Gasteiger partial charge is 0.236 e. The first-order valence-corrected chi connectivity index (χ1v) is 13.7. The second kappa shape index (κ2) is 7.02. The summed E-state index contributed by atoms with van der Waals surface area (Å²) in [7, 11) is 7.25. The summed E-state index contributed by atoms with van der Waals surface area (Å²) in [6.07, 6.45) is 7.35. The monoisotopic (exact) mass is 448 g/mol. The molecule has 4 fully saturated rings. The van der Waals surface area contributed by atoms with Crippen molar-refractivity contribution in [3.8, 4) is 0 Å². The Morgan fingerprint density at radius 3 is 1.19 bits per heavy atom. The van der Waals surface area contributed by atoms with E-state index in [0.717, 1.165) is 38.5 Å². The van der Waals surface area contributed by atoms with Crippen LogP contribution in [0.25, 0.3) is 0 Å². The summed E-state index contributed by atoms with van der Waals surface area (Å²) in [4.78, 5) is 0. The third kappa shape index (κ3) is 3.22. The molecule has 0 aromatic carbocycles. The highest BCUT2D eigenvalue weighted by Crippen LogP contribution is 2.61. The maximum absolute atomic E-state index is 11.2. The highest BCUT2D eigenvalue weighted by Gasteiger charge is 2.64. The first-order chi connectivity index (χ1) is 12.0. The van der Waals surface area contributed by atoms with Crippen molar-refractivity contribution in [2.45, 2.75) is 74.1 Å². The lowest BCUT2D eigenvalue weighted by atomic mass is 9.54. The number of methoxy groups -OCH3 is 2. The van der Waals surface area contributed by atoms with Crippen LogP contribution in [0.5, 0.6) is 0 Å². The van der Waals surface area contributed by atoms with E-state index in [2.05, 4.69) is 0 Å². The molecule has 4 aliphatic carbocycles. The van der Waals surface area contributed by atoms with Crippen molar-refractivity contribution >= 4 is 39.5 Å². The number of rotatable bonds is 4. The zero-order valence-corrected chi connectivity index (χ0v) is 18.1. The molecule has 26 heavy (non-hydrogen) atoms. The second-order valence-corrected chi connectivity index (χ2v) is 13.6. The number of hydrogen-bond donors (Lipinski definition) is 0. The fraction of sp³-hybridized carbons (Fsp3) is 1.00. The van der Waals surface area contributed by atoms with Gasteiger partial charge in [-0.1, -0.05) is 12.8 Å². The Kier molecular flexibility index (Phi) is 5.70. The molecular formula is C16H26Cl2O6S2. The van der Waals surface area contributed by atoms with E-state index >= 15 is 0 Å². The van der Waals surface area contributed by atoms with E-state index < -0.39 is 18.1 Å². The normalized spacial score (nSPS) is 36.8. The van der Waals surface area contributed by atoms with E-state index in [4.69, 9.17) is 30.8 Å². The predicted molar refractivity (Wildman–Crippen MR) is 101 cm³/mol. The molecule has 6 nitrogen and oxygen atoms in total. The largest absolute Gasteiger partial charge is 0.381 e. The van der Waals surface area contributed by atoms with Gasteiger partial charge in [0, 0.05) is 46.4 Å². The van der Waals surface area contributed by atoms with Gasteiger partial charge in [-0.05, 0) is 38.5 Å². The maximum atomic E-state index is 11.2. The third-order valence-electron chi connectivity index (χ3n) is 7.24. The fourth-order valence-electron chi connectivity index (χ4n) is 5.33. The van der Waals surface area contributed by atoms with Crippen molar-refractivity contribution in [2.24, 2.45) is 10.8 Å². The minimum Gasteiger partial charge on any atom is -0.381 e. The van der Waals surface area contributed by atoms with E-state index in [-0.39, 0.29) is 33.5 Å². The molecule has 0 aliphatic heterocycles. The molecule has 0 aromatic heterocycles. The zero-order chi connectivity index (χ0) is 19.4. The number of ether oxygens (including phenoxy) is 2. The van der Waals surface area contributed by atoms with Crippen molar-refractivity contribution in [3.63, 3.8) is 0 Å². The molecule has 4 rings (SSSR count). The van der Waals surface area contributed by atoms with Crippen LogP contribution in [0, 0.1) is 10.8 Å². The molecule has 0 bridgehead atoms. The highest BCUT2D eigenvalue weighted by molar-refractivity contribution is 8.14. The Morgan fingerprint density at radius 2 is 1.04 bits per heavy atom. The van der Waals surface area contributed by atoms with Gasteiger partial charge in [-0.15, -0.1) is 0 Å². The fourth-order valence-corrected chi connectivity index (χ4v) is 9.54. The van der Waals surface area contributed by atoms with Gasteiger partial charge in [-0.25, -0.2) is 16.8 Å². The van der Waals surface area contributed by atoms with Gasteiger partial charge in [-0.2, -0.15) is 0 Å². The molecule has 0 amide bonds. The van der Waals surface area contributed by atoms with Gasteiger partial charge >= 0.3 is 0 Å². The van der Waals surface area contributed by atoms with Crippen LogP contribution in [0.2, 0.25) is 0 Å². The molecule has 4 aliphatic rings. The van der Waals surface area contributed by atoms with Gasteiger partial charge in [0.05, 0.1) is 22.7 Å². The summed E-state index contributed by atoms with van der Waals surface area (Å²) < 4.78 is 55.3. The molecule has 10 heteroatoms. The van der Waals surface area contributed by atoms with Crippen molar-refractivity contribution in [2.75, 3.05) is 14.2 Å². The van der Waals surface area contributed by atoms with Crippen LogP contribution in [0.3, 0.4) is 0 Å². The van der Waals surface area contributed by atoms with E-state index in [0.29, 0.717) is 12.8 Å². The summed E-state index contributed by atoms with van der Waals surface area (Å²) >= 11 is 0. The summed E-state index contributed by atoms with van der Waals surface area (Å²) in [6, 6.07) is 0. The van der Waals surface area contributed by atoms with Crippen molar-refractivity contribution in [3.05, 3.63) is 0 Å². The number of halogens is 2. The zero-order valence-electron chi connectivity index (χ0n) is 15.0. The number of hydrogen-bond acceptors (Lipinski definition) is 6. The first-order valence-electron chi connectivity index (χ1n) is 8.94. The Balaban J connectivity index is 0.000000151. The predicted octanol–water partition coefficient (Wildman–Crippen LogP) is 3.03. The molecular weight excluding hydrogens is 423 g/mol. The van der Waals surface area contributed by atoms with Gasteiger partial charge in [0.2, 0.25) is 18.1 Å². The summed E-state index contributed by atoms with van der Waals surface area (Å²) in [5.41, 5.74) is -0.259. The van der Waals surface area contributed by atoms with Gasteiger partial charge in [0.1, 0.15) is 0 Å². The molecule has 152 valence electrons. The lowest BCUT2D eigenvalue weighted by molar-refractivity contribution is -0.130. The Bertz CT molecular complexity index is 679. The van der Waals surface area contributed by atoms with Gasteiger partial charge < -0.3 is 9.47 Å². The molecule has 4 atom stereocenters. The van der Waals surface area contributed by atoms with Crippen molar-refractivity contribution in [1.29, 1.82) is 0 Å². The summed E-state index contributed by atoms with van der Waals surface area (Å²) in [5, 5.41) is -0.722. The highest BCUT2D eigenvalue weighted by atomic mass is 35.7. The maximum Gasteiger partial charge on any atom is 0.236 e. The van der Waals surface area contributed by atoms with Crippen molar-refractivity contribution in [1.82, 2.24) is 0 Å². The third-order valence-corrected chi connectivity index (χ3v) is 11.2. The molecule has 0 unspecified atom stereocenters. The van der Waals surface area contributed by atoms with Crippen molar-refractivity contribution < 1.29 is 26.3 Å². The van der Waals surface area contributed by atoms with Gasteiger partial charge in [0.25, 0.3) is 0 Å². The average molecular weight is 449 g/mol. The average Bonchev–Trinajstić information content (AvgIpc) is 2.30. The minimum absolute atomic E-state index is 0.111. The molecule has 0 saturated heterocycles. The molecule has 0 radical (unpaired) electrons. The molecule has 0 aromatic rings. The van der Waals surface area contributed by atoms with Crippen LogP contribution in [0.1, 0.15) is 51.4 Å². The van der Waals surface area contributed by atoms with Crippen LogP contribution in [-0.4, -0.2) is 53.8 Å². The van der Waals surface area contributed by atoms with Crippen LogP contribution in [0.4, 0.5) is 0 Å². The van der Waals surface area contributed by atoms with Gasteiger partial charge in [0.15, 0.2) is 0 Å². The standard InChI is InChI=1S/2C8H13ClO3S/c2*1-12-6-5-7(13(9,10)11)8(6)3-2-4-8/h2*6-7H,2-5H2,1H3/t2*6-,7+/m10/s1. The van der Waals surface area contributed by atoms with Crippen LogP contribution >= 0.6 is 21.4 Å². The van der Waals surface area contributed by atoms with Crippen LogP contribution in [-0.2, 0) is 27.6 Å². The van der Waals surface area contributed by atoms with Gasteiger partial charge in [-0.3, -0.25) is 0 Å². The van der Waals surface area contributed by atoms with E-state index in [1.807, 2.05) is 0 Å². The molecule has 4 saturated carbocycles. The summed E-state index contributed by atoms with van der Waals surface area (Å²) in [6.45, 7) is 0. The quantitative estimate of drug-likeness (QED) is 0.614. The van der Waals surface area contributed by atoms with E-state index in [1.165, 1.54) is 0 Å². The topological polar surface area (TPSA) is 86.7 Å². The van der Waals surface area contributed by atoms with E-state index in [9.17, 15) is 16.8 Å². The SMILES string of the molecule is CO[C@@H]1C[C@H](S(=O)(=O)Cl)C12CCC2.CO[C@H]1C[C@@H](S(=O)(=O)Cl)C12CCC2. The molecule has 0 heterocycles. The van der Waals surface area contributed by atoms with E-state index in [1.54, 1.807) is 14.2 Å². The lowest BCUT2D eigenvalue weighted by Gasteiger charge is -2.59. The Morgan fingerprint density at radius 1 is 0.731 bits per heavy atom. The van der Waals surface area contributed by atoms with Crippen LogP contribution < -0.4 is 0 Å². The van der Waals surface area contributed by atoms with Crippen LogP contribution in [0.15, 0.2) is 0 Å². The molecule has 0 N–H and O–H groups in total. The lowest BCUT2D eigenvalue weighted by Crippen LogP contribution is -2.63. The minimum atomic E-state index is -3.39. The second-order valence-electron chi connectivity index (χ2n) is 8.02. The first kappa shape index (κ1) is 21.1. The molecule has 2 spiro atoms.